The zero-order valence-corrected chi connectivity index (χ0v) is 14.7. The summed E-state index contributed by atoms with van der Waals surface area (Å²) in [6.45, 7) is 1.65. The van der Waals surface area contributed by atoms with Crippen molar-refractivity contribution >= 4 is 46.4 Å². The number of carbonyl (C=O) groups is 1. The highest BCUT2D eigenvalue weighted by Crippen LogP contribution is 2.33. The second-order valence-corrected chi connectivity index (χ2v) is 6.19. The van der Waals surface area contributed by atoms with Crippen LogP contribution in [0.4, 0.5) is 5.69 Å². The van der Waals surface area contributed by atoms with Gasteiger partial charge in [0.15, 0.2) is 0 Å². The SMILES string of the molecule is Cc1onc(-c2ccccc2Cl)c1C(=O)Nc1cccc(Cl)c1Cl. The molecule has 0 aliphatic carbocycles. The van der Waals surface area contributed by atoms with Crippen LogP contribution in [0, 0.1) is 6.92 Å². The maximum absolute atomic E-state index is 12.7. The van der Waals surface area contributed by atoms with Crippen molar-refractivity contribution in [2.45, 2.75) is 6.92 Å². The smallest absolute Gasteiger partial charge is 0.261 e. The van der Waals surface area contributed by atoms with Crippen molar-refractivity contribution in [1.29, 1.82) is 0 Å². The monoisotopic (exact) mass is 380 g/mol. The van der Waals surface area contributed by atoms with Crippen molar-refractivity contribution in [1.82, 2.24) is 5.16 Å². The topological polar surface area (TPSA) is 55.1 Å². The predicted octanol–water partition coefficient (Wildman–Crippen LogP) is 5.86. The van der Waals surface area contributed by atoms with Crippen molar-refractivity contribution in [3.63, 3.8) is 0 Å². The van der Waals surface area contributed by atoms with Gasteiger partial charge in [-0.15, -0.1) is 0 Å². The number of halogens is 3. The molecule has 0 bridgehead atoms. The fraction of sp³-hybridized carbons (Fsp3) is 0.0588. The molecule has 0 fully saturated rings. The van der Waals surface area contributed by atoms with Crippen LogP contribution < -0.4 is 5.32 Å². The Morgan fingerprint density at radius 2 is 1.75 bits per heavy atom. The fourth-order valence-electron chi connectivity index (χ4n) is 2.26. The van der Waals surface area contributed by atoms with Gasteiger partial charge in [0.05, 0.1) is 20.8 Å². The van der Waals surface area contributed by atoms with E-state index in [1.54, 1.807) is 49.4 Å². The first kappa shape index (κ1) is 16.8. The molecule has 3 aromatic rings. The summed E-state index contributed by atoms with van der Waals surface area (Å²) in [4.78, 5) is 12.7. The molecule has 1 N–H and O–H groups in total. The van der Waals surface area contributed by atoms with E-state index in [1.165, 1.54) is 0 Å². The Kier molecular flexibility index (Phi) is 4.81. The summed E-state index contributed by atoms with van der Waals surface area (Å²) in [5.74, 6) is -0.0339. The van der Waals surface area contributed by atoms with Crippen molar-refractivity contribution in [2.75, 3.05) is 5.32 Å². The van der Waals surface area contributed by atoms with Crippen LogP contribution in [0.3, 0.4) is 0 Å². The predicted molar refractivity (Wildman–Crippen MR) is 96.1 cm³/mol. The summed E-state index contributed by atoms with van der Waals surface area (Å²) in [6.07, 6.45) is 0. The molecule has 0 unspecified atom stereocenters. The van der Waals surface area contributed by atoms with Crippen LogP contribution >= 0.6 is 34.8 Å². The van der Waals surface area contributed by atoms with Gasteiger partial charge in [-0.25, -0.2) is 0 Å². The van der Waals surface area contributed by atoms with Crippen LogP contribution in [-0.4, -0.2) is 11.1 Å². The van der Waals surface area contributed by atoms with E-state index >= 15 is 0 Å². The van der Waals surface area contributed by atoms with Gasteiger partial charge in [-0.05, 0) is 25.1 Å². The molecule has 4 nitrogen and oxygen atoms in total. The number of aromatic nitrogens is 1. The summed E-state index contributed by atoms with van der Waals surface area (Å²) in [6, 6.07) is 12.1. The molecule has 0 radical (unpaired) electrons. The minimum Gasteiger partial charge on any atom is -0.360 e. The van der Waals surface area contributed by atoms with Crippen molar-refractivity contribution < 1.29 is 9.32 Å². The van der Waals surface area contributed by atoms with E-state index in [2.05, 4.69) is 10.5 Å². The Labute approximate surface area is 153 Å². The molecule has 0 spiro atoms. The molecule has 7 heteroatoms. The quantitative estimate of drug-likeness (QED) is 0.618. The Bertz CT molecular complexity index is 922. The van der Waals surface area contributed by atoms with E-state index < -0.39 is 5.91 Å². The third-order valence-electron chi connectivity index (χ3n) is 3.42. The fourth-order valence-corrected chi connectivity index (χ4v) is 2.83. The van der Waals surface area contributed by atoms with E-state index in [4.69, 9.17) is 39.3 Å². The van der Waals surface area contributed by atoms with Crippen LogP contribution in [0.25, 0.3) is 11.3 Å². The largest absolute Gasteiger partial charge is 0.360 e. The van der Waals surface area contributed by atoms with Crippen molar-refractivity contribution in [2.24, 2.45) is 0 Å². The minimum atomic E-state index is -0.409. The first-order valence-corrected chi connectivity index (χ1v) is 8.09. The molecule has 0 aliphatic heterocycles. The average Bonchev–Trinajstić information content (AvgIpc) is 2.94. The third-order valence-corrected chi connectivity index (χ3v) is 4.57. The van der Waals surface area contributed by atoms with Gasteiger partial charge in [-0.1, -0.05) is 64.2 Å². The molecule has 1 heterocycles. The lowest BCUT2D eigenvalue weighted by atomic mass is 10.1. The van der Waals surface area contributed by atoms with Crippen molar-refractivity contribution in [3.8, 4) is 11.3 Å². The van der Waals surface area contributed by atoms with E-state index in [0.717, 1.165) is 0 Å². The zero-order chi connectivity index (χ0) is 17.3. The van der Waals surface area contributed by atoms with Gasteiger partial charge in [-0.3, -0.25) is 4.79 Å². The van der Waals surface area contributed by atoms with E-state index in [0.29, 0.717) is 38.3 Å². The maximum atomic E-state index is 12.7. The van der Waals surface area contributed by atoms with Gasteiger partial charge < -0.3 is 9.84 Å². The maximum Gasteiger partial charge on any atom is 0.261 e. The number of hydrogen-bond acceptors (Lipinski definition) is 3. The average molecular weight is 382 g/mol. The zero-order valence-electron chi connectivity index (χ0n) is 12.4. The van der Waals surface area contributed by atoms with Crippen LogP contribution in [0.1, 0.15) is 16.1 Å². The van der Waals surface area contributed by atoms with Gasteiger partial charge in [0.1, 0.15) is 17.0 Å². The molecule has 2 aromatic carbocycles. The highest BCUT2D eigenvalue weighted by molar-refractivity contribution is 6.44. The second kappa shape index (κ2) is 6.85. The molecule has 0 saturated carbocycles. The number of nitrogens with one attached hydrogen (secondary N) is 1. The van der Waals surface area contributed by atoms with Gasteiger partial charge in [-0.2, -0.15) is 0 Å². The molecule has 0 atom stereocenters. The van der Waals surface area contributed by atoms with Gasteiger partial charge in [0.25, 0.3) is 5.91 Å². The van der Waals surface area contributed by atoms with Crippen LogP contribution in [0.15, 0.2) is 47.0 Å². The Balaban J connectivity index is 2.01. The number of hydrogen-bond donors (Lipinski definition) is 1. The summed E-state index contributed by atoms with van der Waals surface area (Å²) >= 11 is 18.3. The van der Waals surface area contributed by atoms with E-state index in [1.807, 2.05) is 0 Å². The number of rotatable bonds is 3. The lowest BCUT2D eigenvalue weighted by molar-refractivity contribution is 0.102. The second-order valence-electron chi connectivity index (χ2n) is 5.00. The highest BCUT2D eigenvalue weighted by Gasteiger charge is 2.23. The molecule has 0 saturated heterocycles. The standard InChI is InChI=1S/C17H11Cl3N2O2/c1-9-14(16(22-24-9)10-5-2-3-6-11(10)18)17(23)21-13-8-4-7-12(19)15(13)20/h2-8H,1H3,(H,21,23). The van der Waals surface area contributed by atoms with Crippen molar-refractivity contribution in [3.05, 3.63) is 68.9 Å². The molecule has 1 aromatic heterocycles. The summed E-state index contributed by atoms with van der Waals surface area (Å²) in [5.41, 5.74) is 1.67. The molecule has 1 amide bonds. The highest BCUT2D eigenvalue weighted by atomic mass is 35.5. The molecule has 3 rings (SSSR count). The normalized spacial score (nSPS) is 10.7. The van der Waals surface area contributed by atoms with Gasteiger partial charge in [0, 0.05) is 5.56 Å². The summed E-state index contributed by atoms with van der Waals surface area (Å²) < 4.78 is 5.19. The molecule has 0 aliphatic rings. The van der Waals surface area contributed by atoms with Gasteiger partial charge >= 0.3 is 0 Å². The number of anilines is 1. The number of nitrogens with zero attached hydrogens (tertiary/aromatic N) is 1. The Hall–Kier alpha value is -2.01. The molecule has 122 valence electrons. The third kappa shape index (κ3) is 3.13. The van der Waals surface area contributed by atoms with Crippen LogP contribution in [-0.2, 0) is 0 Å². The molecule has 24 heavy (non-hydrogen) atoms. The number of amides is 1. The lowest BCUT2D eigenvalue weighted by Gasteiger charge is -2.09. The van der Waals surface area contributed by atoms with Gasteiger partial charge in [0.2, 0.25) is 0 Å². The van der Waals surface area contributed by atoms with Crippen LogP contribution in [0.5, 0.6) is 0 Å². The number of aryl methyl sites for hydroxylation is 1. The molecular formula is C17H11Cl3N2O2. The Morgan fingerprint density at radius 1 is 1.04 bits per heavy atom. The van der Waals surface area contributed by atoms with Crippen LogP contribution in [0.2, 0.25) is 15.1 Å². The molecular weight excluding hydrogens is 371 g/mol. The first-order valence-electron chi connectivity index (χ1n) is 6.95. The lowest BCUT2D eigenvalue weighted by Crippen LogP contribution is -2.14. The minimum absolute atomic E-state index is 0.265. The van der Waals surface area contributed by atoms with E-state index in [9.17, 15) is 4.79 Å². The summed E-state index contributed by atoms with van der Waals surface area (Å²) in [5, 5.41) is 7.78. The Morgan fingerprint density at radius 3 is 2.50 bits per heavy atom. The van der Waals surface area contributed by atoms with E-state index in [-0.39, 0.29) is 5.02 Å². The number of carbonyl (C=O) groups excluding carboxylic acids is 1. The number of benzene rings is 2. The summed E-state index contributed by atoms with van der Waals surface area (Å²) in [7, 11) is 0. The first-order chi connectivity index (χ1) is 11.5.